The summed E-state index contributed by atoms with van der Waals surface area (Å²) < 4.78 is 11.0. The van der Waals surface area contributed by atoms with Gasteiger partial charge in [-0.2, -0.15) is 0 Å². The lowest BCUT2D eigenvalue weighted by Gasteiger charge is -2.22. The average molecular weight is 340 g/mol. The SMILES string of the molecule is CCc1ccc2c(c1)OCc1cc(COC(=O)CCC(=O)O)ccc1-2. The Kier molecular flexibility index (Phi) is 5.03. The molecule has 5 nitrogen and oxygen atoms in total. The van der Waals surface area contributed by atoms with Crippen LogP contribution in [0.3, 0.4) is 0 Å². The number of aryl methyl sites for hydroxylation is 1. The zero-order chi connectivity index (χ0) is 17.8. The first kappa shape index (κ1) is 17.0. The zero-order valence-corrected chi connectivity index (χ0v) is 14.1. The summed E-state index contributed by atoms with van der Waals surface area (Å²) in [5, 5.41) is 8.57. The van der Waals surface area contributed by atoms with Crippen molar-refractivity contribution in [1.29, 1.82) is 0 Å². The number of aliphatic carboxylic acids is 1. The van der Waals surface area contributed by atoms with Gasteiger partial charge in [-0.1, -0.05) is 31.2 Å². The highest BCUT2D eigenvalue weighted by Crippen LogP contribution is 2.38. The van der Waals surface area contributed by atoms with Crippen molar-refractivity contribution in [3.05, 3.63) is 53.1 Å². The molecule has 130 valence electrons. The van der Waals surface area contributed by atoms with Crippen molar-refractivity contribution in [1.82, 2.24) is 0 Å². The quantitative estimate of drug-likeness (QED) is 0.812. The minimum Gasteiger partial charge on any atom is -0.488 e. The van der Waals surface area contributed by atoms with Gasteiger partial charge in [0.1, 0.15) is 19.0 Å². The number of esters is 1. The highest BCUT2D eigenvalue weighted by atomic mass is 16.5. The topological polar surface area (TPSA) is 72.8 Å². The maximum atomic E-state index is 11.5. The van der Waals surface area contributed by atoms with Crippen LogP contribution in [0.2, 0.25) is 0 Å². The molecular formula is C20H20O5. The molecule has 2 aromatic rings. The van der Waals surface area contributed by atoms with Gasteiger partial charge in [0.25, 0.3) is 0 Å². The summed E-state index contributed by atoms with van der Waals surface area (Å²) >= 11 is 0. The number of ether oxygens (including phenoxy) is 2. The van der Waals surface area contributed by atoms with Gasteiger partial charge in [0, 0.05) is 5.56 Å². The fraction of sp³-hybridized carbons (Fsp3) is 0.300. The monoisotopic (exact) mass is 340 g/mol. The molecule has 0 unspecified atom stereocenters. The molecule has 0 aromatic heterocycles. The average Bonchev–Trinajstić information content (AvgIpc) is 2.63. The van der Waals surface area contributed by atoms with E-state index in [1.54, 1.807) is 0 Å². The molecule has 0 radical (unpaired) electrons. The normalized spacial score (nSPS) is 11.9. The van der Waals surface area contributed by atoms with E-state index in [0.29, 0.717) is 6.61 Å². The third kappa shape index (κ3) is 3.99. The van der Waals surface area contributed by atoms with E-state index in [-0.39, 0.29) is 19.4 Å². The Bertz CT molecular complexity index is 810. The molecule has 2 aromatic carbocycles. The molecule has 1 N–H and O–H groups in total. The number of hydrogen-bond donors (Lipinski definition) is 1. The Balaban J connectivity index is 1.71. The van der Waals surface area contributed by atoms with Gasteiger partial charge in [-0.05, 0) is 40.8 Å². The van der Waals surface area contributed by atoms with Crippen LogP contribution in [0.15, 0.2) is 36.4 Å². The summed E-state index contributed by atoms with van der Waals surface area (Å²) in [6.07, 6.45) is 0.638. The number of fused-ring (bicyclic) bond motifs is 3. The van der Waals surface area contributed by atoms with Crippen molar-refractivity contribution in [2.75, 3.05) is 0 Å². The summed E-state index contributed by atoms with van der Waals surface area (Å²) in [5.41, 5.74) is 5.36. The molecule has 1 aliphatic rings. The molecule has 5 heteroatoms. The number of carbonyl (C=O) groups excluding carboxylic acids is 1. The number of rotatable bonds is 6. The summed E-state index contributed by atoms with van der Waals surface area (Å²) in [6.45, 7) is 2.73. The molecule has 1 aliphatic heterocycles. The van der Waals surface area contributed by atoms with Gasteiger partial charge in [-0.15, -0.1) is 0 Å². The van der Waals surface area contributed by atoms with E-state index in [4.69, 9.17) is 14.6 Å². The molecule has 0 fully saturated rings. The number of carboxylic acid groups (broad SMARTS) is 1. The Hall–Kier alpha value is -2.82. The van der Waals surface area contributed by atoms with Crippen molar-refractivity contribution in [2.24, 2.45) is 0 Å². The first-order valence-electron chi connectivity index (χ1n) is 8.32. The third-order valence-electron chi connectivity index (χ3n) is 4.24. The fourth-order valence-electron chi connectivity index (χ4n) is 2.85. The second kappa shape index (κ2) is 7.38. The van der Waals surface area contributed by atoms with E-state index in [1.807, 2.05) is 18.2 Å². The largest absolute Gasteiger partial charge is 0.488 e. The first-order chi connectivity index (χ1) is 12.1. The van der Waals surface area contributed by atoms with Gasteiger partial charge in [-0.3, -0.25) is 9.59 Å². The van der Waals surface area contributed by atoms with Crippen LogP contribution >= 0.6 is 0 Å². The summed E-state index contributed by atoms with van der Waals surface area (Å²) in [7, 11) is 0. The van der Waals surface area contributed by atoms with E-state index < -0.39 is 11.9 Å². The summed E-state index contributed by atoms with van der Waals surface area (Å²) in [5.74, 6) is -0.610. The van der Waals surface area contributed by atoms with E-state index in [2.05, 4.69) is 25.1 Å². The van der Waals surface area contributed by atoms with Crippen LogP contribution in [-0.2, 0) is 34.0 Å². The van der Waals surface area contributed by atoms with E-state index in [9.17, 15) is 9.59 Å². The van der Waals surface area contributed by atoms with Crippen molar-refractivity contribution in [2.45, 2.75) is 39.4 Å². The molecule has 0 saturated heterocycles. The first-order valence-corrected chi connectivity index (χ1v) is 8.32. The van der Waals surface area contributed by atoms with Crippen LogP contribution < -0.4 is 4.74 Å². The fourth-order valence-corrected chi connectivity index (χ4v) is 2.85. The summed E-state index contributed by atoms with van der Waals surface area (Å²) in [4.78, 5) is 22.0. The number of carboxylic acids is 1. The Labute approximate surface area is 146 Å². The maximum Gasteiger partial charge on any atom is 0.306 e. The van der Waals surface area contributed by atoms with E-state index in [0.717, 1.165) is 34.4 Å². The highest BCUT2D eigenvalue weighted by Gasteiger charge is 2.18. The zero-order valence-electron chi connectivity index (χ0n) is 14.1. The molecule has 3 rings (SSSR count). The van der Waals surface area contributed by atoms with E-state index in [1.165, 1.54) is 5.56 Å². The molecule has 1 heterocycles. The van der Waals surface area contributed by atoms with Gasteiger partial charge < -0.3 is 14.6 Å². The van der Waals surface area contributed by atoms with Gasteiger partial charge >= 0.3 is 11.9 Å². The van der Waals surface area contributed by atoms with Crippen molar-refractivity contribution in [3.8, 4) is 16.9 Å². The van der Waals surface area contributed by atoms with Crippen LogP contribution in [0.4, 0.5) is 0 Å². The second-order valence-corrected chi connectivity index (χ2v) is 6.02. The van der Waals surface area contributed by atoms with Crippen LogP contribution in [0, 0.1) is 0 Å². The van der Waals surface area contributed by atoms with Crippen molar-refractivity contribution >= 4 is 11.9 Å². The number of carbonyl (C=O) groups is 2. The standard InChI is InChI=1S/C20H20O5/c1-2-13-3-6-17-16-5-4-14(9-15(16)12-24-18(17)10-13)11-25-20(23)8-7-19(21)22/h3-6,9-10H,2,7-8,11-12H2,1H3,(H,21,22). The molecule has 0 atom stereocenters. The Morgan fingerprint density at radius 3 is 2.60 bits per heavy atom. The minimum atomic E-state index is -1.01. The molecule has 0 spiro atoms. The molecule has 25 heavy (non-hydrogen) atoms. The molecule has 0 saturated carbocycles. The maximum absolute atomic E-state index is 11.5. The predicted octanol–water partition coefficient (Wildman–Crippen LogP) is 3.72. The lowest BCUT2D eigenvalue weighted by Crippen LogP contribution is -2.09. The van der Waals surface area contributed by atoms with Crippen LogP contribution in [-0.4, -0.2) is 17.0 Å². The molecule has 0 aliphatic carbocycles. The number of benzene rings is 2. The predicted molar refractivity (Wildman–Crippen MR) is 92.3 cm³/mol. The van der Waals surface area contributed by atoms with Gasteiger partial charge in [-0.25, -0.2) is 0 Å². The highest BCUT2D eigenvalue weighted by molar-refractivity contribution is 5.77. The minimum absolute atomic E-state index is 0.115. The summed E-state index contributed by atoms with van der Waals surface area (Å²) in [6, 6.07) is 12.2. The lowest BCUT2D eigenvalue weighted by atomic mass is 9.94. The van der Waals surface area contributed by atoms with Gasteiger partial charge in [0.05, 0.1) is 12.8 Å². The van der Waals surface area contributed by atoms with Crippen LogP contribution in [0.1, 0.15) is 36.5 Å². The Morgan fingerprint density at radius 1 is 1.08 bits per heavy atom. The smallest absolute Gasteiger partial charge is 0.306 e. The van der Waals surface area contributed by atoms with Crippen molar-refractivity contribution < 1.29 is 24.2 Å². The second-order valence-electron chi connectivity index (χ2n) is 6.02. The van der Waals surface area contributed by atoms with Crippen LogP contribution in [0.5, 0.6) is 5.75 Å². The molecule has 0 amide bonds. The lowest BCUT2D eigenvalue weighted by molar-refractivity contribution is -0.148. The van der Waals surface area contributed by atoms with E-state index >= 15 is 0 Å². The van der Waals surface area contributed by atoms with Gasteiger partial charge in [0.2, 0.25) is 0 Å². The van der Waals surface area contributed by atoms with Gasteiger partial charge in [0.15, 0.2) is 0 Å². The molecule has 0 bridgehead atoms. The van der Waals surface area contributed by atoms with Crippen molar-refractivity contribution in [3.63, 3.8) is 0 Å². The number of hydrogen-bond acceptors (Lipinski definition) is 4. The molecular weight excluding hydrogens is 320 g/mol. The third-order valence-corrected chi connectivity index (χ3v) is 4.24. The van der Waals surface area contributed by atoms with Crippen LogP contribution in [0.25, 0.3) is 11.1 Å². The Morgan fingerprint density at radius 2 is 1.84 bits per heavy atom.